The van der Waals surface area contributed by atoms with Gasteiger partial charge in [-0.1, -0.05) is 20.8 Å². The molecular formula is C11H17F2N. The quantitative estimate of drug-likeness (QED) is 0.691. The van der Waals surface area contributed by atoms with Crippen LogP contribution in [0.4, 0.5) is 8.78 Å². The molecule has 0 unspecified atom stereocenters. The lowest BCUT2D eigenvalue weighted by Gasteiger charge is -2.19. The summed E-state index contributed by atoms with van der Waals surface area (Å²) in [4.78, 5) is 0. The molecule has 0 N–H and O–H groups in total. The van der Waals surface area contributed by atoms with E-state index < -0.39 is 6.43 Å². The Labute approximate surface area is 83.7 Å². The van der Waals surface area contributed by atoms with Crippen molar-refractivity contribution in [3.8, 4) is 0 Å². The fourth-order valence-corrected chi connectivity index (χ4v) is 1.69. The lowest BCUT2D eigenvalue weighted by atomic mass is 9.87. The molecule has 1 aromatic heterocycles. The number of halogens is 2. The number of alkyl halides is 2. The van der Waals surface area contributed by atoms with E-state index in [0.717, 1.165) is 11.3 Å². The van der Waals surface area contributed by atoms with E-state index in [9.17, 15) is 8.78 Å². The summed E-state index contributed by atoms with van der Waals surface area (Å²) < 4.78 is 26.0. The molecule has 0 aliphatic heterocycles. The summed E-state index contributed by atoms with van der Waals surface area (Å²) in [5, 5.41) is 0. The summed E-state index contributed by atoms with van der Waals surface area (Å²) in [6.45, 7) is 7.94. The van der Waals surface area contributed by atoms with Crippen molar-refractivity contribution in [1.29, 1.82) is 0 Å². The maximum atomic E-state index is 12.2. The second-order valence-electron chi connectivity index (χ2n) is 4.61. The van der Waals surface area contributed by atoms with E-state index in [4.69, 9.17) is 0 Å². The van der Waals surface area contributed by atoms with Crippen LogP contribution in [0.5, 0.6) is 0 Å². The fourth-order valence-electron chi connectivity index (χ4n) is 1.69. The first kappa shape index (κ1) is 11.2. The molecule has 3 heteroatoms. The van der Waals surface area contributed by atoms with Crippen molar-refractivity contribution in [2.45, 2.75) is 46.1 Å². The summed E-state index contributed by atoms with van der Waals surface area (Å²) in [7, 11) is 0. The highest BCUT2D eigenvalue weighted by Crippen LogP contribution is 2.26. The summed E-state index contributed by atoms with van der Waals surface area (Å²) in [5.74, 6) is 0. The number of hydrogen-bond donors (Lipinski definition) is 0. The Kier molecular flexibility index (Phi) is 2.98. The van der Waals surface area contributed by atoms with Crippen molar-refractivity contribution in [3.63, 3.8) is 0 Å². The van der Waals surface area contributed by atoms with Crippen molar-refractivity contribution < 1.29 is 8.78 Å². The summed E-state index contributed by atoms with van der Waals surface area (Å²) >= 11 is 0. The van der Waals surface area contributed by atoms with E-state index in [1.165, 1.54) is 0 Å². The monoisotopic (exact) mass is 201 g/mol. The van der Waals surface area contributed by atoms with Gasteiger partial charge in [0.05, 0.1) is 6.54 Å². The molecule has 0 aliphatic rings. The van der Waals surface area contributed by atoms with Gasteiger partial charge in [-0.3, -0.25) is 0 Å². The van der Waals surface area contributed by atoms with Crippen LogP contribution in [0, 0.1) is 6.92 Å². The molecule has 14 heavy (non-hydrogen) atoms. The third-order valence-corrected chi connectivity index (χ3v) is 2.38. The Morgan fingerprint density at radius 1 is 1.36 bits per heavy atom. The van der Waals surface area contributed by atoms with Crippen molar-refractivity contribution >= 4 is 0 Å². The van der Waals surface area contributed by atoms with Gasteiger partial charge < -0.3 is 4.57 Å². The van der Waals surface area contributed by atoms with Crippen LogP contribution in [0.25, 0.3) is 0 Å². The second-order valence-corrected chi connectivity index (χ2v) is 4.61. The number of aromatic nitrogens is 1. The molecule has 1 nitrogen and oxygen atoms in total. The van der Waals surface area contributed by atoms with Gasteiger partial charge in [0, 0.05) is 11.9 Å². The predicted molar refractivity (Wildman–Crippen MR) is 53.9 cm³/mol. The topological polar surface area (TPSA) is 4.93 Å². The van der Waals surface area contributed by atoms with E-state index in [1.54, 1.807) is 10.8 Å². The highest BCUT2D eigenvalue weighted by Gasteiger charge is 2.19. The van der Waals surface area contributed by atoms with Crippen molar-refractivity contribution in [3.05, 3.63) is 23.5 Å². The Balaban J connectivity index is 2.97. The lowest BCUT2D eigenvalue weighted by Crippen LogP contribution is -2.14. The SMILES string of the molecule is Cc1c(C(C)(C)C)ccn1CC(F)F. The van der Waals surface area contributed by atoms with Crippen LogP contribution >= 0.6 is 0 Å². The molecule has 0 bridgehead atoms. The van der Waals surface area contributed by atoms with Crippen LogP contribution in [0.15, 0.2) is 12.3 Å². The van der Waals surface area contributed by atoms with Crippen LogP contribution in [-0.2, 0) is 12.0 Å². The van der Waals surface area contributed by atoms with Gasteiger partial charge in [-0.15, -0.1) is 0 Å². The van der Waals surface area contributed by atoms with E-state index in [-0.39, 0.29) is 12.0 Å². The van der Waals surface area contributed by atoms with Crippen molar-refractivity contribution in [2.75, 3.05) is 0 Å². The second kappa shape index (κ2) is 3.71. The van der Waals surface area contributed by atoms with Crippen molar-refractivity contribution in [2.24, 2.45) is 0 Å². The molecule has 0 saturated carbocycles. The van der Waals surface area contributed by atoms with Gasteiger partial charge in [0.1, 0.15) is 0 Å². The normalized spacial score (nSPS) is 12.5. The Bertz CT molecular complexity index is 308. The lowest BCUT2D eigenvalue weighted by molar-refractivity contribution is 0.126. The molecule has 0 radical (unpaired) electrons. The molecule has 0 amide bonds. The van der Waals surface area contributed by atoms with Crippen LogP contribution in [-0.4, -0.2) is 11.0 Å². The molecule has 0 aromatic carbocycles. The third kappa shape index (κ3) is 2.34. The maximum Gasteiger partial charge on any atom is 0.256 e. The number of rotatable bonds is 2. The van der Waals surface area contributed by atoms with Gasteiger partial charge in [-0.05, 0) is 24.0 Å². The van der Waals surface area contributed by atoms with E-state index in [0.29, 0.717) is 0 Å². The van der Waals surface area contributed by atoms with E-state index in [2.05, 4.69) is 20.8 Å². The number of nitrogens with zero attached hydrogens (tertiary/aromatic N) is 1. The molecule has 0 saturated heterocycles. The molecule has 1 rings (SSSR count). The Morgan fingerprint density at radius 2 is 1.93 bits per heavy atom. The van der Waals surface area contributed by atoms with Crippen molar-refractivity contribution in [1.82, 2.24) is 4.57 Å². The first-order valence-corrected chi connectivity index (χ1v) is 4.76. The minimum absolute atomic E-state index is 0.0253. The van der Waals surface area contributed by atoms with Gasteiger partial charge >= 0.3 is 0 Å². The third-order valence-electron chi connectivity index (χ3n) is 2.38. The maximum absolute atomic E-state index is 12.2. The smallest absolute Gasteiger partial charge is 0.256 e. The zero-order chi connectivity index (χ0) is 10.9. The molecule has 0 fully saturated rings. The average molecular weight is 201 g/mol. The van der Waals surface area contributed by atoms with Crippen LogP contribution in [0.2, 0.25) is 0 Å². The zero-order valence-electron chi connectivity index (χ0n) is 9.14. The van der Waals surface area contributed by atoms with E-state index >= 15 is 0 Å². The molecule has 1 heterocycles. The van der Waals surface area contributed by atoms with Crippen LogP contribution in [0.3, 0.4) is 0 Å². The first-order chi connectivity index (χ1) is 6.32. The standard InChI is InChI=1S/C11H17F2N/c1-8-9(11(2,3)4)5-6-14(8)7-10(12)13/h5-6,10H,7H2,1-4H3. The Morgan fingerprint density at radius 3 is 2.29 bits per heavy atom. The summed E-state index contributed by atoms with van der Waals surface area (Å²) in [5.41, 5.74) is 2.10. The molecule has 0 aliphatic carbocycles. The average Bonchev–Trinajstić information content (AvgIpc) is 2.30. The van der Waals surface area contributed by atoms with Crippen LogP contribution in [0.1, 0.15) is 32.0 Å². The predicted octanol–water partition coefficient (Wildman–Crippen LogP) is 3.36. The van der Waals surface area contributed by atoms with Gasteiger partial charge in [-0.25, -0.2) is 8.78 Å². The fraction of sp³-hybridized carbons (Fsp3) is 0.636. The first-order valence-electron chi connectivity index (χ1n) is 4.76. The summed E-state index contributed by atoms with van der Waals surface area (Å²) in [6.07, 6.45) is -0.545. The minimum Gasteiger partial charge on any atom is -0.346 e. The van der Waals surface area contributed by atoms with Gasteiger partial charge in [0.15, 0.2) is 0 Å². The highest BCUT2D eigenvalue weighted by atomic mass is 19.3. The molecule has 0 spiro atoms. The number of hydrogen-bond acceptors (Lipinski definition) is 0. The molecule has 0 atom stereocenters. The molecule has 80 valence electrons. The largest absolute Gasteiger partial charge is 0.346 e. The summed E-state index contributed by atoms with van der Waals surface area (Å²) in [6, 6.07) is 1.93. The van der Waals surface area contributed by atoms with Gasteiger partial charge in [-0.2, -0.15) is 0 Å². The molecular weight excluding hydrogens is 184 g/mol. The van der Waals surface area contributed by atoms with Gasteiger partial charge in [0.2, 0.25) is 0 Å². The molecule has 1 aromatic rings. The Hall–Kier alpha value is -0.860. The van der Waals surface area contributed by atoms with E-state index in [1.807, 2.05) is 13.0 Å². The minimum atomic E-state index is -2.28. The van der Waals surface area contributed by atoms with Crippen LogP contribution < -0.4 is 0 Å². The highest BCUT2D eigenvalue weighted by molar-refractivity contribution is 5.28. The van der Waals surface area contributed by atoms with Gasteiger partial charge in [0.25, 0.3) is 6.43 Å². The zero-order valence-corrected chi connectivity index (χ0v) is 9.14.